The van der Waals surface area contributed by atoms with Crippen molar-refractivity contribution in [3.05, 3.63) is 11.6 Å². The van der Waals surface area contributed by atoms with Crippen LogP contribution in [0.3, 0.4) is 0 Å². The SMILES string of the molecule is CC(C)CCC[C@@H](C)[C@H]1CC[C@H]2[C@@H]3CC=C4CC(OC(=O)NCCCCCC(=O)NCC(=O)NCC(=O)NCC(=O)O)CC[C@]4(C)[C@H]3CC[C@]12C. The van der Waals surface area contributed by atoms with E-state index >= 15 is 0 Å². The van der Waals surface area contributed by atoms with Crippen LogP contribution < -0.4 is 21.3 Å². The number of alkyl carbamates (subject to hydrolysis) is 1. The van der Waals surface area contributed by atoms with E-state index in [1.54, 1.807) is 0 Å². The minimum Gasteiger partial charge on any atom is -0.480 e. The summed E-state index contributed by atoms with van der Waals surface area (Å²) >= 11 is 0. The van der Waals surface area contributed by atoms with Gasteiger partial charge in [0, 0.05) is 19.4 Å². The number of aliphatic carboxylic acids is 1. The Balaban J connectivity index is 1.11. The second-order valence-electron chi connectivity index (χ2n) is 17.0. The van der Waals surface area contributed by atoms with E-state index in [2.05, 4.69) is 62.0 Å². The minimum atomic E-state index is -1.18. The van der Waals surface area contributed by atoms with Gasteiger partial charge in [-0.15, -0.1) is 0 Å². The first-order chi connectivity index (χ1) is 24.2. The summed E-state index contributed by atoms with van der Waals surface area (Å²) in [6, 6.07) is 0. The molecule has 1 unspecified atom stereocenters. The first-order valence-corrected chi connectivity index (χ1v) is 19.9. The van der Waals surface area contributed by atoms with Gasteiger partial charge in [0.15, 0.2) is 0 Å². The molecule has 11 nitrogen and oxygen atoms in total. The number of carboxylic acid groups (broad SMARTS) is 1. The van der Waals surface area contributed by atoms with Gasteiger partial charge in [-0.25, -0.2) is 4.79 Å². The van der Waals surface area contributed by atoms with Gasteiger partial charge < -0.3 is 31.1 Å². The molecule has 5 N–H and O–H groups in total. The largest absolute Gasteiger partial charge is 0.480 e. The van der Waals surface area contributed by atoms with Gasteiger partial charge in [-0.05, 0) is 104 Å². The third kappa shape index (κ3) is 11.0. The van der Waals surface area contributed by atoms with Crippen molar-refractivity contribution in [3.8, 4) is 0 Å². The van der Waals surface area contributed by atoms with Crippen molar-refractivity contribution >= 4 is 29.8 Å². The Morgan fingerprint density at radius 3 is 2.22 bits per heavy atom. The summed E-state index contributed by atoms with van der Waals surface area (Å²) in [7, 11) is 0. The van der Waals surface area contributed by atoms with E-state index in [1.165, 1.54) is 56.9 Å². The van der Waals surface area contributed by atoms with Crippen LogP contribution in [0.25, 0.3) is 0 Å². The maximum absolute atomic E-state index is 12.7. The third-order valence-corrected chi connectivity index (χ3v) is 13.2. The van der Waals surface area contributed by atoms with Crippen molar-refractivity contribution in [2.24, 2.45) is 46.3 Å². The second kappa shape index (κ2) is 18.6. The van der Waals surface area contributed by atoms with Crippen LogP contribution >= 0.6 is 0 Å². The molecule has 0 bridgehead atoms. The summed E-state index contributed by atoms with van der Waals surface area (Å²) < 4.78 is 5.91. The van der Waals surface area contributed by atoms with Gasteiger partial charge >= 0.3 is 12.1 Å². The van der Waals surface area contributed by atoms with Crippen molar-refractivity contribution in [2.75, 3.05) is 26.2 Å². The van der Waals surface area contributed by atoms with Crippen LogP contribution in [0.4, 0.5) is 4.79 Å². The summed E-state index contributed by atoms with van der Waals surface area (Å²) in [5.41, 5.74) is 2.22. The molecule has 0 radical (unpaired) electrons. The summed E-state index contributed by atoms with van der Waals surface area (Å²) in [6.45, 7) is 11.7. The molecule has 0 aliphatic heterocycles. The quantitative estimate of drug-likeness (QED) is 0.0844. The van der Waals surface area contributed by atoms with E-state index in [-0.39, 0.29) is 43.0 Å². The van der Waals surface area contributed by atoms with Crippen molar-refractivity contribution < 1.29 is 33.8 Å². The third-order valence-electron chi connectivity index (χ3n) is 13.2. The molecule has 0 aromatic carbocycles. The van der Waals surface area contributed by atoms with E-state index in [9.17, 15) is 24.0 Å². The lowest BCUT2D eigenvalue weighted by atomic mass is 9.47. The van der Waals surface area contributed by atoms with Crippen molar-refractivity contribution in [1.82, 2.24) is 21.3 Å². The van der Waals surface area contributed by atoms with Crippen LogP contribution in [0.15, 0.2) is 11.6 Å². The highest BCUT2D eigenvalue weighted by atomic mass is 16.6. The van der Waals surface area contributed by atoms with Crippen molar-refractivity contribution in [2.45, 2.75) is 137 Å². The number of rotatable bonds is 18. The number of carbonyl (C=O) groups is 5. The highest BCUT2D eigenvalue weighted by Gasteiger charge is 2.59. The monoisotopic (exact) mass is 714 g/mol. The molecule has 0 aromatic heterocycles. The van der Waals surface area contributed by atoms with Gasteiger partial charge in [0.25, 0.3) is 0 Å². The zero-order valence-corrected chi connectivity index (χ0v) is 32.0. The van der Waals surface area contributed by atoms with Crippen LogP contribution in [0.2, 0.25) is 0 Å². The minimum absolute atomic E-state index is 0.0858. The molecule has 0 saturated heterocycles. The van der Waals surface area contributed by atoms with Gasteiger partial charge in [0.2, 0.25) is 17.7 Å². The number of allylic oxidation sites excluding steroid dienone is 1. The van der Waals surface area contributed by atoms with Gasteiger partial charge in [-0.3, -0.25) is 19.2 Å². The summed E-state index contributed by atoms with van der Waals surface area (Å²) in [4.78, 5) is 58.4. The average Bonchev–Trinajstić information content (AvgIpc) is 3.44. The molecule has 4 aliphatic carbocycles. The van der Waals surface area contributed by atoms with Crippen LogP contribution in [0.1, 0.15) is 131 Å². The number of fused-ring (bicyclic) bond motifs is 5. The molecule has 8 atom stereocenters. The predicted octanol–water partition coefficient (Wildman–Crippen LogP) is 6.12. The number of ether oxygens (including phenoxy) is 1. The van der Waals surface area contributed by atoms with Crippen LogP contribution in [-0.4, -0.2) is 67.2 Å². The maximum Gasteiger partial charge on any atom is 0.407 e. The van der Waals surface area contributed by atoms with E-state index < -0.39 is 24.3 Å². The molecule has 4 rings (SSSR count). The maximum atomic E-state index is 12.7. The topological polar surface area (TPSA) is 163 Å². The smallest absolute Gasteiger partial charge is 0.407 e. The summed E-state index contributed by atoms with van der Waals surface area (Å²) in [6.07, 6.45) is 18.0. The molecule has 288 valence electrons. The zero-order chi connectivity index (χ0) is 37.2. The van der Waals surface area contributed by atoms with Crippen LogP contribution in [0.5, 0.6) is 0 Å². The standard InChI is InChI=1S/C40H66N4O7/c1-26(2)10-9-11-27(3)31-15-16-32-30-14-13-28-22-29(17-19-39(28,4)33(30)18-20-40(31,32)5)51-38(50)41-21-8-6-7-12-34(45)42-23-35(46)43-24-36(47)44-25-37(48)49/h13,26-27,29-33H,6-12,14-25H2,1-5H3,(H,41,50)(H,42,45)(H,43,46)(H,44,47)(H,48,49)/t27-,29?,30+,31-,32+,33+,39+,40-/m1/s1. The Bertz CT molecular complexity index is 1270. The fourth-order valence-corrected chi connectivity index (χ4v) is 10.5. The molecule has 0 heterocycles. The molecule has 3 saturated carbocycles. The summed E-state index contributed by atoms with van der Waals surface area (Å²) in [5.74, 6) is 2.22. The second-order valence-corrected chi connectivity index (χ2v) is 17.0. The highest BCUT2D eigenvalue weighted by Crippen LogP contribution is 2.67. The lowest BCUT2D eigenvalue weighted by Gasteiger charge is -2.58. The number of hydrogen-bond donors (Lipinski definition) is 5. The molecule has 0 aromatic rings. The fourth-order valence-electron chi connectivity index (χ4n) is 10.5. The van der Waals surface area contributed by atoms with Gasteiger partial charge in [0.05, 0.1) is 13.1 Å². The fraction of sp³-hybridized carbons (Fsp3) is 0.825. The van der Waals surface area contributed by atoms with E-state index in [0.717, 1.165) is 61.2 Å². The lowest BCUT2D eigenvalue weighted by Crippen LogP contribution is -2.51. The molecule has 4 amide bonds. The highest BCUT2D eigenvalue weighted by molar-refractivity contribution is 5.89. The number of carbonyl (C=O) groups excluding carboxylic acids is 4. The number of nitrogens with one attached hydrogen (secondary N) is 4. The molecule has 3 fully saturated rings. The Hall–Kier alpha value is -3.11. The molecule has 0 spiro atoms. The Kier molecular flexibility index (Phi) is 14.8. The van der Waals surface area contributed by atoms with Gasteiger partial charge in [-0.2, -0.15) is 0 Å². The predicted molar refractivity (Wildman–Crippen MR) is 196 cm³/mol. The first kappa shape index (κ1) is 40.7. The first-order valence-electron chi connectivity index (χ1n) is 19.9. The zero-order valence-electron chi connectivity index (χ0n) is 32.0. The summed E-state index contributed by atoms with van der Waals surface area (Å²) in [5, 5.41) is 18.4. The normalized spacial score (nSPS) is 30.2. The molecular formula is C40H66N4O7. The van der Waals surface area contributed by atoms with Crippen molar-refractivity contribution in [1.29, 1.82) is 0 Å². The molecular weight excluding hydrogens is 648 g/mol. The van der Waals surface area contributed by atoms with Gasteiger partial charge in [-0.1, -0.05) is 72.0 Å². The van der Waals surface area contributed by atoms with E-state index in [1.807, 2.05) is 0 Å². The van der Waals surface area contributed by atoms with Crippen LogP contribution in [0, 0.1) is 46.3 Å². The number of hydrogen-bond acceptors (Lipinski definition) is 6. The van der Waals surface area contributed by atoms with E-state index in [4.69, 9.17) is 9.84 Å². The Morgan fingerprint density at radius 2 is 1.51 bits per heavy atom. The number of amides is 4. The molecule has 51 heavy (non-hydrogen) atoms. The van der Waals surface area contributed by atoms with E-state index in [0.29, 0.717) is 24.8 Å². The number of carboxylic acids is 1. The van der Waals surface area contributed by atoms with Crippen molar-refractivity contribution in [3.63, 3.8) is 0 Å². The average molecular weight is 715 g/mol. The molecule has 4 aliphatic rings. The molecule has 11 heteroatoms. The van der Waals surface area contributed by atoms with Crippen LogP contribution in [-0.2, 0) is 23.9 Å². The number of unbranched alkanes of at least 4 members (excludes halogenated alkanes) is 2. The lowest BCUT2D eigenvalue weighted by molar-refractivity contribution is -0.137. The van der Waals surface area contributed by atoms with Gasteiger partial charge in [0.1, 0.15) is 12.6 Å². The Labute approximate surface area is 305 Å². The Morgan fingerprint density at radius 1 is 0.804 bits per heavy atom.